The Bertz CT molecular complexity index is 615. The quantitative estimate of drug-likeness (QED) is 0.856. The molecule has 3 rings (SSSR count). The predicted molar refractivity (Wildman–Crippen MR) is 95.1 cm³/mol. The third-order valence-corrected chi connectivity index (χ3v) is 4.35. The van der Waals surface area contributed by atoms with Gasteiger partial charge in [0.1, 0.15) is 18.5 Å². The minimum atomic E-state index is -0.552. The van der Waals surface area contributed by atoms with Gasteiger partial charge in [0, 0.05) is 13.1 Å². The van der Waals surface area contributed by atoms with Crippen molar-refractivity contribution in [2.45, 2.75) is 25.0 Å². The highest BCUT2D eigenvalue weighted by atomic mass is 16.5. The molecule has 1 saturated heterocycles. The van der Waals surface area contributed by atoms with Gasteiger partial charge in [-0.15, -0.1) is 0 Å². The molecule has 1 aliphatic rings. The van der Waals surface area contributed by atoms with Crippen LogP contribution in [0.1, 0.15) is 12.8 Å². The number of aliphatic hydroxyl groups excluding tert-OH is 2. The van der Waals surface area contributed by atoms with Crippen LogP contribution < -0.4 is 4.74 Å². The molecule has 0 aliphatic carbocycles. The van der Waals surface area contributed by atoms with E-state index in [1.807, 2.05) is 42.5 Å². The van der Waals surface area contributed by atoms with Gasteiger partial charge in [0.05, 0.1) is 6.10 Å². The van der Waals surface area contributed by atoms with Crippen LogP contribution in [0.3, 0.4) is 0 Å². The third kappa shape index (κ3) is 4.81. The van der Waals surface area contributed by atoms with Gasteiger partial charge in [-0.3, -0.25) is 4.90 Å². The molecule has 1 fully saturated rings. The van der Waals surface area contributed by atoms with Crippen molar-refractivity contribution in [3.8, 4) is 16.9 Å². The number of ether oxygens (including phenoxy) is 1. The number of aliphatic hydroxyl groups is 2. The summed E-state index contributed by atoms with van der Waals surface area (Å²) in [5, 5.41) is 19.8. The molecule has 2 aromatic carbocycles. The lowest BCUT2D eigenvalue weighted by Crippen LogP contribution is -2.43. The number of rotatable bonds is 6. The summed E-state index contributed by atoms with van der Waals surface area (Å²) in [6, 6.07) is 18.1. The largest absolute Gasteiger partial charge is 0.491 e. The van der Waals surface area contributed by atoms with E-state index in [1.54, 1.807) is 0 Å². The van der Waals surface area contributed by atoms with Crippen LogP contribution in [0, 0.1) is 0 Å². The fourth-order valence-corrected chi connectivity index (χ4v) is 3.11. The highest BCUT2D eigenvalue weighted by Crippen LogP contribution is 2.22. The van der Waals surface area contributed by atoms with Gasteiger partial charge in [-0.25, -0.2) is 0 Å². The van der Waals surface area contributed by atoms with Crippen molar-refractivity contribution in [3.05, 3.63) is 54.6 Å². The van der Waals surface area contributed by atoms with Gasteiger partial charge in [0.25, 0.3) is 0 Å². The fourth-order valence-electron chi connectivity index (χ4n) is 3.11. The van der Waals surface area contributed by atoms with Gasteiger partial charge in [0.2, 0.25) is 0 Å². The van der Waals surface area contributed by atoms with Crippen LogP contribution in [0.5, 0.6) is 5.75 Å². The van der Waals surface area contributed by atoms with E-state index in [2.05, 4.69) is 17.0 Å². The number of β-amino-alcohol motifs (C(OH)–C–C–N with tert-alkyl or cyclic N) is 2. The molecule has 24 heavy (non-hydrogen) atoms. The van der Waals surface area contributed by atoms with E-state index < -0.39 is 6.10 Å². The number of nitrogens with zero attached hydrogens (tertiary/aromatic N) is 1. The molecule has 2 N–H and O–H groups in total. The minimum Gasteiger partial charge on any atom is -0.491 e. The van der Waals surface area contributed by atoms with Gasteiger partial charge in [0.15, 0.2) is 0 Å². The molecule has 2 aromatic rings. The van der Waals surface area contributed by atoms with Crippen LogP contribution in [0.4, 0.5) is 0 Å². The van der Waals surface area contributed by atoms with Gasteiger partial charge in [-0.2, -0.15) is 0 Å². The first kappa shape index (κ1) is 17.0. The van der Waals surface area contributed by atoms with E-state index in [-0.39, 0.29) is 12.7 Å². The lowest BCUT2D eigenvalue weighted by Gasteiger charge is -2.31. The molecule has 0 bridgehead atoms. The van der Waals surface area contributed by atoms with Crippen LogP contribution in [-0.4, -0.2) is 53.6 Å². The minimum absolute atomic E-state index is 0.261. The first-order valence-corrected chi connectivity index (χ1v) is 8.57. The normalized spacial score (nSPS) is 19.8. The zero-order valence-corrected chi connectivity index (χ0v) is 13.8. The molecule has 0 amide bonds. The molecular formula is C20H25NO3. The summed E-state index contributed by atoms with van der Waals surface area (Å²) in [6.45, 7) is 2.37. The van der Waals surface area contributed by atoms with Crippen molar-refractivity contribution in [2.75, 3.05) is 26.2 Å². The van der Waals surface area contributed by atoms with Crippen LogP contribution in [0.25, 0.3) is 11.1 Å². The third-order valence-electron chi connectivity index (χ3n) is 4.35. The van der Waals surface area contributed by atoms with Crippen LogP contribution in [-0.2, 0) is 0 Å². The van der Waals surface area contributed by atoms with E-state index >= 15 is 0 Å². The van der Waals surface area contributed by atoms with Crippen molar-refractivity contribution < 1.29 is 14.9 Å². The summed E-state index contributed by atoms with van der Waals surface area (Å²) in [5.41, 5.74) is 2.32. The summed E-state index contributed by atoms with van der Waals surface area (Å²) in [5.74, 6) is 0.757. The standard InChI is InChI=1S/C20H25NO3/c22-18-7-4-12-21(13-18)14-19(23)15-24-20-10-8-17(9-11-20)16-5-2-1-3-6-16/h1-3,5-6,8-11,18-19,22-23H,4,7,12-15H2/t18-,19-/m1/s1. The van der Waals surface area contributed by atoms with E-state index in [0.717, 1.165) is 30.7 Å². The Hall–Kier alpha value is -1.88. The second-order valence-electron chi connectivity index (χ2n) is 6.41. The zero-order chi connectivity index (χ0) is 16.8. The first-order chi connectivity index (χ1) is 11.7. The van der Waals surface area contributed by atoms with E-state index in [9.17, 15) is 10.2 Å². The molecule has 1 heterocycles. The van der Waals surface area contributed by atoms with Crippen LogP contribution in [0.15, 0.2) is 54.6 Å². The number of piperidine rings is 1. The van der Waals surface area contributed by atoms with Crippen molar-refractivity contribution in [2.24, 2.45) is 0 Å². The molecule has 128 valence electrons. The lowest BCUT2D eigenvalue weighted by atomic mass is 10.1. The summed E-state index contributed by atoms with van der Waals surface area (Å²) < 4.78 is 5.69. The van der Waals surface area contributed by atoms with Crippen LogP contribution >= 0.6 is 0 Å². The Morgan fingerprint density at radius 2 is 1.75 bits per heavy atom. The van der Waals surface area contributed by atoms with E-state index in [4.69, 9.17) is 4.74 Å². The Kier molecular flexibility index (Phi) is 5.86. The highest BCUT2D eigenvalue weighted by Gasteiger charge is 2.20. The maximum atomic E-state index is 10.1. The highest BCUT2D eigenvalue weighted by molar-refractivity contribution is 5.63. The number of hydrogen-bond donors (Lipinski definition) is 2. The number of benzene rings is 2. The summed E-state index contributed by atoms with van der Waals surface area (Å²) in [4.78, 5) is 2.10. The molecule has 0 spiro atoms. The molecule has 1 aliphatic heterocycles. The van der Waals surface area contributed by atoms with Gasteiger partial charge in [-0.1, -0.05) is 42.5 Å². The maximum Gasteiger partial charge on any atom is 0.119 e. The van der Waals surface area contributed by atoms with Crippen molar-refractivity contribution in [1.82, 2.24) is 4.90 Å². The Morgan fingerprint density at radius 1 is 1.04 bits per heavy atom. The maximum absolute atomic E-state index is 10.1. The second kappa shape index (κ2) is 8.29. The number of hydrogen-bond acceptors (Lipinski definition) is 4. The zero-order valence-electron chi connectivity index (χ0n) is 13.8. The molecular weight excluding hydrogens is 302 g/mol. The predicted octanol–water partition coefficient (Wildman–Crippen LogP) is 2.55. The van der Waals surface area contributed by atoms with Gasteiger partial charge < -0.3 is 14.9 Å². The fraction of sp³-hybridized carbons (Fsp3) is 0.400. The van der Waals surface area contributed by atoms with E-state index in [0.29, 0.717) is 13.1 Å². The molecule has 0 radical (unpaired) electrons. The summed E-state index contributed by atoms with van der Waals surface area (Å²) >= 11 is 0. The van der Waals surface area contributed by atoms with Crippen molar-refractivity contribution in [3.63, 3.8) is 0 Å². The van der Waals surface area contributed by atoms with Gasteiger partial charge >= 0.3 is 0 Å². The van der Waals surface area contributed by atoms with Crippen molar-refractivity contribution >= 4 is 0 Å². The Morgan fingerprint density at radius 3 is 2.46 bits per heavy atom. The van der Waals surface area contributed by atoms with E-state index in [1.165, 1.54) is 5.56 Å². The number of likely N-dealkylation sites (tertiary alicyclic amines) is 1. The topological polar surface area (TPSA) is 52.9 Å². The smallest absolute Gasteiger partial charge is 0.119 e. The average Bonchev–Trinajstić information content (AvgIpc) is 2.61. The van der Waals surface area contributed by atoms with Crippen molar-refractivity contribution in [1.29, 1.82) is 0 Å². The Balaban J connectivity index is 1.48. The lowest BCUT2D eigenvalue weighted by molar-refractivity contribution is 0.0243. The van der Waals surface area contributed by atoms with Gasteiger partial charge in [-0.05, 0) is 42.6 Å². The molecule has 0 saturated carbocycles. The SMILES string of the molecule is O[C@@H]1CCCN(C[C@@H](O)COc2ccc(-c3ccccc3)cc2)C1. The Labute approximate surface area is 143 Å². The second-order valence-corrected chi connectivity index (χ2v) is 6.41. The average molecular weight is 327 g/mol. The molecule has 4 nitrogen and oxygen atoms in total. The molecule has 4 heteroatoms. The molecule has 2 atom stereocenters. The summed E-state index contributed by atoms with van der Waals surface area (Å²) in [6.07, 6.45) is 1.02. The molecule has 0 unspecified atom stereocenters. The first-order valence-electron chi connectivity index (χ1n) is 8.57. The molecule has 0 aromatic heterocycles. The summed E-state index contributed by atoms with van der Waals surface area (Å²) in [7, 11) is 0. The monoisotopic (exact) mass is 327 g/mol. The van der Waals surface area contributed by atoms with Crippen LogP contribution in [0.2, 0.25) is 0 Å².